The van der Waals surface area contributed by atoms with E-state index < -0.39 is 0 Å². The van der Waals surface area contributed by atoms with Crippen molar-refractivity contribution in [2.24, 2.45) is 0 Å². The van der Waals surface area contributed by atoms with Gasteiger partial charge in [0.15, 0.2) is 6.54 Å². The predicted molar refractivity (Wildman–Crippen MR) is 103 cm³/mol. The van der Waals surface area contributed by atoms with E-state index in [1.165, 1.54) is 10.5 Å². The van der Waals surface area contributed by atoms with Crippen LogP contribution in [0, 0.1) is 0 Å². The van der Waals surface area contributed by atoms with Gasteiger partial charge in [-0.1, -0.05) is 66.7 Å². The second-order valence-electron chi connectivity index (χ2n) is 6.22. The lowest BCUT2D eigenvalue weighted by atomic mass is 10.1. The normalized spacial score (nSPS) is 13.2. The third-order valence-electron chi connectivity index (χ3n) is 4.08. The van der Waals surface area contributed by atoms with E-state index in [1.807, 2.05) is 47.8 Å². The summed E-state index contributed by atoms with van der Waals surface area (Å²) in [5.41, 5.74) is 2.35. The van der Waals surface area contributed by atoms with Gasteiger partial charge < -0.3 is 10.2 Å². The van der Waals surface area contributed by atoms with Crippen molar-refractivity contribution in [1.82, 2.24) is 5.32 Å². The van der Waals surface area contributed by atoms with Gasteiger partial charge in [0, 0.05) is 10.4 Å². The summed E-state index contributed by atoms with van der Waals surface area (Å²) in [6.45, 7) is 1.28. The molecule has 1 aromatic heterocycles. The number of hydrogen-bond acceptors (Lipinski definition) is 2. The molecule has 2 aromatic carbocycles. The predicted octanol–water partition coefficient (Wildman–Crippen LogP) is 2.67. The Balaban J connectivity index is 1.64. The number of rotatable bonds is 7. The smallest absolute Gasteiger partial charge is 0.275 e. The van der Waals surface area contributed by atoms with Crippen LogP contribution in [0.3, 0.4) is 0 Å². The van der Waals surface area contributed by atoms with E-state index in [0.717, 1.165) is 17.0 Å². The lowest BCUT2D eigenvalue weighted by Gasteiger charge is -2.20. The van der Waals surface area contributed by atoms with Crippen molar-refractivity contribution in [2.75, 3.05) is 13.6 Å². The average molecular weight is 351 g/mol. The van der Waals surface area contributed by atoms with Crippen LogP contribution in [-0.4, -0.2) is 19.5 Å². The van der Waals surface area contributed by atoms with Gasteiger partial charge in [0.25, 0.3) is 5.91 Å². The average Bonchev–Trinajstić information content (AvgIpc) is 3.15. The minimum absolute atomic E-state index is 0.0654. The number of quaternary nitrogens is 1. The fourth-order valence-electron chi connectivity index (χ4n) is 2.91. The van der Waals surface area contributed by atoms with E-state index in [2.05, 4.69) is 42.7 Å². The lowest BCUT2D eigenvalue weighted by molar-refractivity contribution is -0.885. The Labute approximate surface area is 152 Å². The Hall–Kier alpha value is -2.43. The van der Waals surface area contributed by atoms with Gasteiger partial charge in [0.2, 0.25) is 0 Å². The van der Waals surface area contributed by atoms with Crippen LogP contribution < -0.4 is 10.2 Å². The highest BCUT2D eigenvalue weighted by molar-refractivity contribution is 7.10. The Morgan fingerprint density at radius 2 is 1.68 bits per heavy atom. The van der Waals surface area contributed by atoms with Crippen LogP contribution in [-0.2, 0) is 11.3 Å². The van der Waals surface area contributed by atoms with Crippen LogP contribution in [0.1, 0.15) is 22.0 Å². The standard InChI is InChI=1S/C21H22N2OS/c1-23(15-17-9-4-2-5-10-17)16-20(24)22-21(19-13-8-14-25-19)18-11-6-3-7-12-18/h2-14,21H,15-16H2,1H3,(H,22,24)/p+1/t21-/m0/s1. The molecule has 25 heavy (non-hydrogen) atoms. The summed E-state index contributed by atoms with van der Waals surface area (Å²) in [7, 11) is 2.05. The second kappa shape index (κ2) is 8.60. The highest BCUT2D eigenvalue weighted by Gasteiger charge is 2.19. The molecule has 2 N–H and O–H groups in total. The fraction of sp³-hybridized carbons (Fsp3) is 0.190. The van der Waals surface area contributed by atoms with Crippen molar-refractivity contribution in [1.29, 1.82) is 0 Å². The number of hydrogen-bond donors (Lipinski definition) is 2. The van der Waals surface area contributed by atoms with E-state index in [1.54, 1.807) is 11.3 Å². The minimum atomic E-state index is -0.0850. The van der Waals surface area contributed by atoms with Gasteiger partial charge in [-0.2, -0.15) is 0 Å². The molecule has 0 bridgehead atoms. The summed E-state index contributed by atoms with van der Waals surface area (Å²) in [6, 6.07) is 24.4. The van der Waals surface area contributed by atoms with Crippen LogP contribution >= 0.6 is 11.3 Å². The molecule has 4 heteroatoms. The first-order chi connectivity index (χ1) is 12.2. The molecule has 0 radical (unpaired) electrons. The maximum atomic E-state index is 12.6. The molecule has 1 unspecified atom stereocenters. The number of likely N-dealkylation sites (N-methyl/N-ethyl adjacent to an activating group) is 1. The van der Waals surface area contributed by atoms with Crippen molar-refractivity contribution in [3.8, 4) is 0 Å². The van der Waals surface area contributed by atoms with Gasteiger partial charge in [0.05, 0.1) is 13.1 Å². The molecule has 2 atom stereocenters. The zero-order valence-corrected chi connectivity index (χ0v) is 15.1. The summed E-state index contributed by atoms with van der Waals surface area (Å²) in [6.07, 6.45) is 0. The first-order valence-electron chi connectivity index (χ1n) is 8.45. The van der Waals surface area contributed by atoms with Crippen molar-refractivity contribution in [2.45, 2.75) is 12.6 Å². The van der Waals surface area contributed by atoms with Gasteiger partial charge in [-0.25, -0.2) is 0 Å². The molecular weight excluding hydrogens is 328 g/mol. The number of thiophene rings is 1. The van der Waals surface area contributed by atoms with Gasteiger partial charge in [-0.15, -0.1) is 11.3 Å². The van der Waals surface area contributed by atoms with E-state index in [-0.39, 0.29) is 11.9 Å². The Morgan fingerprint density at radius 3 is 2.32 bits per heavy atom. The number of benzene rings is 2. The van der Waals surface area contributed by atoms with E-state index in [9.17, 15) is 4.79 Å². The third kappa shape index (κ3) is 5.02. The van der Waals surface area contributed by atoms with Crippen molar-refractivity contribution < 1.29 is 9.69 Å². The molecule has 0 aliphatic heterocycles. The maximum Gasteiger partial charge on any atom is 0.275 e. The number of amides is 1. The van der Waals surface area contributed by atoms with Crippen molar-refractivity contribution in [3.63, 3.8) is 0 Å². The molecule has 0 spiro atoms. The highest BCUT2D eigenvalue weighted by atomic mass is 32.1. The quantitative estimate of drug-likeness (QED) is 0.674. The number of nitrogens with one attached hydrogen (secondary N) is 2. The van der Waals surface area contributed by atoms with Crippen LogP contribution in [0.25, 0.3) is 0 Å². The Morgan fingerprint density at radius 1 is 1.00 bits per heavy atom. The largest absolute Gasteiger partial charge is 0.339 e. The molecule has 0 saturated heterocycles. The monoisotopic (exact) mass is 351 g/mol. The van der Waals surface area contributed by atoms with E-state index in [4.69, 9.17) is 0 Å². The SMILES string of the molecule is C[NH+](CC(=O)N[C@@H](c1ccccc1)c1cccs1)Cc1ccccc1. The highest BCUT2D eigenvalue weighted by Crippen LogP contribution is 2.25. The van der Waals surface area contributed by atoms with Gasteiger partial charge >= 0.3 is 0 Å². The van der Waals surface area contributed by atoms with E-state index >= 15 is 0 Å². The van der Waals surface area contributed by atoms with Crippen LogP contribution in [0.5, 0.6) is 0 Å². The van der Waals surface area contributed by atoms with Crippen molar-refractivity contribution in [3.05, 3.63) is 94.2 Å². The second-order valence-corrected chi connectivity index (χ2v) is 7.20. The van der Waals surface area contributed by atoms with E-state index in [0.29, 0.717) is 6.54 Å². The molecule has 0 fully saturated rings. The number of carbonyl (C=O) groups excluding carboxylic acids is 1. The fourth-order valence-corrected chi connectivity index (χ4v) is 3.72. The molecule has 3 rings (SSSR count). The molecule has 3 nitrogen and oxygen atoms in total. The number of carbonyl (C=O) groups is 1. The third-order valence-corrected chi connectivity index (χ3v) is 5.01. The van der Waals surface area contributed by atoms with Gasteiger partial charge in [-0.05, 0) is 17.0 Å². The molecular formula is C21H23N2OS+. The summed E-state index contributed by atoms with van der Waals surface area (Å²) in [5.74, 6) is 0.0654. The van der Waals surface area contributed by atoms with Crippen molar-refractivity contribution >= 4 is 17.2 Å². The zero-order valence-electron chi connectivity index (χ0n) is 14.3. The van der Waals surface area contributed by atoms with Crippen LogP contribution in [0.2, 0.25) is 0 Å². The maximum absolute atomic E-state index is 12.6. The summed E-state index contributed by atoms with van der Waals surface area (Å²) in [5, 5.41) is 5.25. The molecule has 0 aliphatic carbocycles. The minimum Gasteiger partial charge on any atom is -0.339 e. The Kier molecular flexibility index (Phi) is 5.99. The zero-order chi connectivity index (χ0) is 17.5. The summed E-state index contributed by atoms with van der Waals surface area (Å²) in [4.78, 5) is 14.9. The molecule has 3 aromatic rings. The molecule has 0 saturated carbocycles. The van der Waals surface area contributed by atoms with Gasteiger partial charge in [0.1, 0.15) is 6.54 Å². The summed E-state index contributed by atoms with van der Waals surface area (Å²) < 4.78 is 0. The summed E-state index contributed by atoms with van der Waals surface area (Å²) >= 11 is 1.67. The van der Waals surface area contributed by atoms with Gasteiger partial charge in [-0.3, -0.25) is 4.79 Å². The first kappa shape index (κ1) is 17.4. The topological polar surface area (TPSA) is 33.5 Å². The lowest BCUT2D eigenvalue weighted by Crippen LogP contribution is -3.08. The molecule has 1 amide bonds. The van der Waals surface area contributed by atoms with Crippen LogP contribution in [0.4, 0.5) is 0 Å². The molecule has 128 valence electrons. The first-order valence-corrected chi connectivity index (χ1v) is 9.33. The molecule has 1 heterocycles. The Bertz CT molecular complexity index is 772. The molecule has 0 aliphatic rings. The van der Waals surface area contributed by atoms with Crippen LogP contribution in [0.15, 0.2) is 78.2 Å².